The molecule has 2 aromatic carbocycles. The number of thiazole rings is 1. The zero-order valence-corrected chi connectivity index (χ0v) is 16.5. The van der Waals surface area contributed by atoms with Crippen LogP contribution < -0.4 is 9.64 Å². The highest BCUT2D eigenvalue weighted by Crippen LogP contribution is 2.26. The van der Waals surface area contributed by atoms with E-state index in [0.717, 1.165) is 54.7 Å². The van der Waals surface area contributed by atoms with E-state index in [9.17, 15) is 0 Å². The molecule has 0 radical (unpaired) electrons. The summed E-state index contributed by atoms with van der Waals surface area (Å²) in [7, 11) is 0. The van der Waals surface area contributed by atoms with Crippen molar-refractivity contribution in [1.29, 1.82) is 0 Å². The van der Waals surface area contributed by atoms with E-state index < -0.39 is 0 Å². The van der Waals surface area contributed by atoms with Crippen molar-refractivity contribution in [3.8, 4) is 16.3 Å². The Labute approximate surface area is 165 Å². The molecule has 4 rings (SSSR count). The molecule has 1 aromatic heterocycles. The van der Waals surface area contributed by atoms with Crippen LogP contribution in [0.15, 0.2) is 60.0 Å². The van der Waals surface area contributed by atoms with Gasteiger partial charge in [0.2, 0.25) is 0 Å². The second-order valence-corrected chi connectivity index (χ2v) is 7.56. The smallest absolute Gasteiger partial charge is 0.123 e. The fourth-order valence-electron chi connectivity index (χ4n) is 3.40. The van der Waals surface area contributed by atoms with Crippen LogP contribution >= 0.6 is 11.3 Å². The summed E-state index contributed by atoms with van der Waals surface area (Å²) < 4.78 is 5.52. The quantitative estimate of drug-likeness (QED) is 0.629. The predicted molar refractivity (Wildman–Crippen MR) is 113 cm³/mol. The maximum Gasteiger partial charge on any atom is 0.123 e. The lowest BCUT2D eigenvalue weighted by atomic mass is 10.2. The highest BCUT2D eigenvalue weighted by Gasteiger charge is 2.18. The first-order chi connectivity index (χ1) is 13.3. The highest BCUT2D eigenvalue weighted by molar-refractivity contribution is 7.13. The Morgan fingerprint density at radius 2 is 1.70 bits per heavy atom. The molecular formula is C22H25N3OS. The third kappa shape index (κ3) is 4.49. The second-order valence-electron chi connectivity index (χ2n) is 6.70. The van der Waals surface area contributed by atoms with Gasteiger partial charge in [0, 0.05) is 49.4 Å². The summed E-state index contributed by atoms with van der Waals surface area (Å²) >= 11 is 1.72. The van der Waals surface area contributed by atoms with Crippen LogP contribution in [-0.4, -0.2) is 42.7 Å². The standard InChI is InChI=1S/C22H25N3OS/c1-2-26-21-10-8-18(9-11-21)22-23-19(17-27-22)16-24-12-14-25(15-13-24)20-6-4-3-5-7-20/h3-11,17H,2,12-16H2,1H3. The molecule has 4 nitrogen and oxygen atoms in total. The zero-order chi connectivity index (χ0) is 18.5. The number of aromatic nitrogens is 1. The molecule has 1 fully saturated rings. The number of hydrogen-bond acceptors (Lipinski definition) is 5. The third-order valence-electron chi connectivity index (χ3n) is 4.84. The number of benzene rings is 2. The lowest BCUT2D eigenvalue weighted by Gasteiger charge is -2.35. The van der Waals surface area contributed by atoms with Gasteiger partial charge in [-0.3, -0.25) is 4.90 Å². The van der Waals surface area contributed by atoms with Crippen LogP contribution in [-0.2, 0) is 6.54 Å². The SMILES string of the molecule is CCOc1ccc(-c2nc(CN3CCN(c4ccccc4)CC3)cs2)cc1. The summed E-state index contributed by atoms with van der Waals surface area (Å²) in [5.41, 5.74) is 3.64. The van der Waals surface area contributed by atoms with Crippen molar-refractivity contribution in [3.05, 3.63) is 65.7 Å². The van der Waals surface area contributed by atoms with Crippen LogP contribution in [0.25, 0.3) is 10.6 Å². The molecule has 1 aliphatic heterocycles. The number of piperazine rings is 1. The summed E-state index contributed by atoms with van der Waals surface area (Å²) in [6.45, 7) is 7.91. The number of anilines is 1. The molecule has 0 unspecified atom stereocenters. The van der Waals surface area contributed by atoms with Gasteiger partial charge in [0.05, 0.1) is 12.3 Å². The fraction of sp³-hybridized carbons (Fsp3) is 0.318. The monoisotopic (exact) mass is 379 g/mol. The fourth-order valence-corrected chi connectivity index (χ4v) is 4.22. The average molecular weight is 380 g/mol. The van der Waals surface area contributed by atoms with Gasteiger partial charge >= 0.3 is 0 Å². The first-order valence-corrected chi connectivity index (χ1v) is 10.4. The van der Waals surface area contributed by atoms with Gasteiger partial charge < -0.3 is 9.64 Å². The van der Waals surface area contributed by atoms with Crippen molar-refractivity contribution in [2.45, 2.75) is 13.5 Å². The lowest BCUT2D eigenvalue weighted by Crippen LogP contribution is -2.46. The van der Waals surface area contributed by atoms with Gasteiger partial charge in [-0.05, 0) is 43.3 Å². The molecule has 1 aliphatic rings. The van der Waals surface area contributed by atoms with Crippen molar-refractivity contribution in [2.24, 2.45) is 0 Å². The van der Waals surface area contributed by atoms with E-state index >= 15 is 0 Å². The molecule has 0 amide bonds. The van der Waals surface area contributed by atoms with Crippen molar-refractivity contribution >= 4 is 17.0 Å². The van der Waals surface area contributed by atoms with Gasteiger partial charge in [-0.25, -0.2) is 4.98 Å². The van der Waals surface area contributed by atoms with Crippen molar-refractivity contribution in [3.63, 3.8) is 0 Å². The highest BCUT2D eigenvalue weighted by atomic mass is 32.1. The van der Waals surface area contributed by atoms with Crippen LogP contribution in [0.1, 0.15) is 12.6 Å². The van der Waals surface area contributed by atoms with E-state index in [1.807, 2.05) is 19.1 Å². The van der Waals surface area contributed by atoms with Gasteiger partial charge in [0.1, 0.15) is 10.8 Å². The molecule has 140 valence electrons. The van der Waals surface area contributed by atoms with Crippen molar-refractivity contribution in [2.75, 3.05) is 37.7 Å². The molecule has 27 heavy (non-hydrogen) atoms. The third-order valence-corrected chi connectivity index (χ3v) is 5.78. The molecule has 0 aliphatic carbocycles. The Bertz CT molecular complexity index is 840. The number of nitrogens with zero attached hydrogens (tertiary/aromatic N) is 3. The first-order valence-electron chi connectivity index (χ1n) is 9.52. The van der Waals surface area contributed by atoms with Crippen LogP contribution in [0.4, 0.5) is 5.69 Å². The van der Waals surface area contributed by atoms with Gasteiger partial charge in [-0.2, -0.15) is 0 Å². The minimum absolute atomic E-state index is 0.693. The summed E-state index contributed by atoms with van der Waals surface area (Å²) in [5, 5.41) is 3.27. The molecular weight excluding hydrogens is 354 g/mol. The minimum atomic E-state index is 0.693. The molecule has 0 bridgehead atoms. The predicted octanol–water partition coefficient (Wildman–Crippen LogP) is 4.53. The summed E-state index contributed by atoms with van der Waals surface area (Å²) in [4.78, 5) is 9.81. The minimum Gasteiger partial charge on any atom is -0.494 e. The second kappa shape index (κ2) is 8.55. The lowest BCUT2D eigenvalue weighted by molar-refractivity contribution is 0.247. The Hall–Kier alpha value is -2.37. The number of para-hydroxylation sites is 1. The van der Waals surface area contributed by atoms with E-state index in [4.69, 9.17) is 9.72 Å². The van der Waals surface area contributed by atoms with Gasteiger partial charge in [-0.1, -0.05) is 18.2 Å². The number of ether oxygens (including phenoxy) is 1. The molecule has 0 saturated carbocycles. The van der Waals surface area contributed by atoms with E-state index in [-0.39, 0.29) is 0 Å². The Balaban J connectivity index is 1.33. The van der Waals surface area contributed by atoms with Crippen LogP contribution in [0.3, 0.4) is 0 Å². The number of rotatable bonds is 6. The Morgan fingerprint density at radius 3 is 2.41 bits per heavy atom. The molecule has 1 saturated heterocycles. The van der Waals surface area contributed by atoms with Crippen LogP contribution in [0.2, 0.25) is 0 Å². The molecule has 2 heterocycles. The maximum atomic E-state index is 5.52. The van der Waals surface area contributed by atoms with Crippen LogP contribution in [0.5, 0.6) is 5.75 Å². The largest absolute Gasteiger partial charge is 0.494 e. The van der Waals surface area contributed by atoms with Gasteiger partial charge in [0.25, 0.3) is 0 Å². The topological polar surface area (TPSA) is 28.6 Å². The molecule has 0 spiro atoms. The molecule has 0 N–H and O–H groups in total. The zero-order valence-electron chi connectivity index (χ0n) is 15.7. The Kier molecular flexibility index (Phi) is 5.70. The summed E-state index contributed by atoms with van der Waals surface area (Å²) in [6.07, 6.45) is 0. The van der Waals surface area contributed by atoms with E-state index in [1.54, 1.807) is 11.3 Å². The average Bonchev–Trinajstić information content (AvgIpc) is 3.18. The molecule has 0 atom stereocenters. The van der Waals surface area contributed by atoms with Crippen molar-refractivity contribution < 1.29 is 4.74 Å². The van der Waals surface area contributed by atoms with Gasteiger partial charge in [-0.15, -0.1) is 11.3 Å². The summed E-state index contributed by atoms with van der Waals surface area (Å²) in [6, 6.07) is 18.9. The van der Waals surface area contributed by atoms with E-state index in [0.29, 0.717) is 6.61 Å². The normalized spacial score (nSPS) is 15.1. The molecule has 5 heteroatoms. The number of hydrogen-bond donors (Lipinski definition) is 0. The van der Waals surface area contributed by atoms with Gasteiger partial charge in [0.15, 0.2) is 0 Å². The molecule has 3 aromatic rings. The summed E-state index contributed by atoms with van der Waals surface area (Å²) in [5.74, 6) is 0.911. The first kappa shape index (κ1) is 18.0. The van der Waals surface area contributed by atoms with E-state index in [1.165, 1.54) is 5.69 Å². The van der Waals surface area contributed by atoms with Crippen LogP contribution in [0, 0.1) is 0 Å². The maximum absolute atomic E-state index is 5.52. The Morgan fingerprint density at radius 1 is 0.963 bits per heavy atom. The van der Waals surface area contributed by atoms with E-state index in [2.05, 4.69) is 57.6 Å². The van der Waals surface area contributed by atoms with Crippen molar-refractivity contribution in [1.82, 2.24) is 9.88 Å².